The summed E-state index contributed by atoms with van der Waals surface area (Å²) in [4.78, 5) is 10.6. The summed E-state index contributed by atoms with van der Waals surface area (Å²) in [5, 5.41) is 4.19. The third-order valence-electron chi connectivity index (χ3n) is 10.7. The average molecular weight is 717 g/mol. The summed E-state index contributed by atoms with van der Waals surface area (Å²) in [6.45, 7) is 0. The molecule has 0 amide bonds. The molecule has 0 aliphatic carbocycles. The number of para-hydroxylation sites is 3. The number of rotatable bonds is 6. The van der Waals surface area contributed by atoms with Crippen LogP contribution >= 0.6 is 0 Å². The second kappa shape index (κ2) is 13.1. The van der Waals surface area contributed by atoms with E-state index < -0.39 is 0 Å². The van der Waals surface area contributed by atoms with Crippen LogP contribution in [0.4, 0.5) is 0 Å². The van der Waals surface area contributed by atoms with Crippen LogP contribution in [0.3, 0.4) is 0 Å². The summed E-state index contributed by atoms with van der Waals surface area (Å²) >= 11 is 0. The third-order valence-corrected chi connectivity index (χ3v) is 10.7. The zero-order valence-corrected chi connectivity index (χ0v) is 30.2. The van der Waals surface area contributed by atoms with Crippen molar-refractivity contribution >= 4 is 43.9 Å². The largest absolute Gasteiger partial charge is 0.455 e. The lowest BCUT2D eigenvalue weighted by Crippen LogP contribution is -1.97. The summed E-state index contributed by atoms with van der Waals surface area (Å²) < 4.78 is 13.3. The molecule has 0 atom stereocenters. The molecule has 0 aliphatic heterocycles. The lowest BCUT2D eigenvalue weighted by atomic mass is 9.93. The summed E-state index contributed by atoms with van der Waals surface area (Å²) in [6, 6.07) is 67.2. The molecule has 0 N–H and O–H groups in total. The molecule has 0 spiro atoms. The minimum Gasteiger partial charge on any atom is -0.455 e. The van der Waals surface area contributed by atoms with Gasteiger partial charge in [-0.1, -0.05) is 152 Å². The van der Waals surface area contributed by atoms with Crippen molar-refractivity contribution in [2.24, 2.45) is 0 Å². The molecule has 3 heterocycles. The van der Waals surface area contributed by atoms with E-state index in [1.54, 1.807) is 0 Å². The molecule has 0 bridgehead atoms. The van der Waals surface area contributed by atoms with E-state index in [4.69, 9.17) is 18.8 Å². The van der Waals surface area contributed by atoms with Crippen molar-refractivity contribution in [2.75, 3.05) is 0 Å². The first-order valence-electron chi connectivity index (χ1n) is 18.8. The molecule has 0 radical (unpaired) electrons. The van der Waals surface area contributed by atoms with Gasteiger partial charge in [-0.05, 0) is 64.7 Å². The molecule has 8 aromatic carbocycles. The van der Waals surface area contributed by atoms with Gasteiger partial charge in [-0.2, -0.15) is 0 Å². The topological polar surface area (TPSA) is 52.1 Å². The first-order chi connectivity index (χ1) is 27.7. The van der Waals surface area contributed by atoms with Crippen LogP contribution in [0.5, 0.6) is 0 Å². The van der Waals surface area contributed by atoms with Gasteiger partial charge in [0.15, 0.2) is 5.82 Å². The normalized spacial score (nSPS) is 11.6. The molecule has 4 nitrogen and oxygen atoms in total. The van der Waals surface area contributed by atoms with Crippen LogP contribution in [0.15, 0.2) is 203 Å². The van der Waals surface area contributed by atoms with Crippen LogP contribution in [-0.2, 0) is 0 Å². The summed E-state index contributed by atoms with van der Waals surface area (Å²) in [5.74, 6) is 0.654. The van der Waals surface area contributed by atoms with Gasteiger partial charge in [0, 0.05) is 49.4 Å². The van der Waals surface area contributed by atoms with Crippen molar-refractivity contribution < 1.29 is 8.83 Å². The Labute approximate surface area is 323 Å². The second-order valence-electron chi connectivity index (χ2n) is 14.1. The zero-order valence-electron chi connectivity index (χ0n) is 30.2. The molecule has 0 aliphatic rings. The molecule has 11 rings (SSSR count). The number of furan rings is 2. The predicted octanol–water partition coefficient (Wildman–Crippen LogP) is 14.3. The van der Waals surface area contributed by atoms with Gasteiger partial charge >= 0.3 is 0 Å². The monoisotopic (exact) mass is 716 g/mol. The van der Waals surface area contributed by atoms with Crippen molar-refractivity contribution in [3.8, 4) is 67.3 Å². The molecule has 262 valence electrons. The van der Waals surface area contributed by atoms with Gasteiger partial charge in [0.05, 0.1) is 11.4 Å². The molecule has 56 heavy (non-hydrogen) atoms. The molecule has 0 unspecified atom stereocenters. The van der Waals surface area contributed by atoms with Crippen molar-refractivity contribution in [2.45, 2.75) is 0 Å². The SMILES string of the molecule is c1ccc(-c2cc(-c3ccccc3)cc(-c3cc(-c4ccc(-c5cccc6c5oc5ccccc56)c5oc6ccccc6c45)nc(-c4ccccc4)n3)c2)cc1. The van der Waals surface area contributed by atoms with Gasteiger partial charge in [-0.3, -0.25) is 0 Å². The Balaban J connectivity index is 1.17. The van der Waals surface area contributed by atoms with Gasteiger partial charge in [0.25, 0.3) is 0 Å². The Kier molecular flexibility index (Phi) is 7.46. The highest BCUT2D eigenvalue weighted by atomic mass is 16.3. The fourth-order valence-electron chi connectivity index (χ4n) is 8.03. The Morgan fingerprint density at radius 1 is 0.304 bits per heavy atom. The number of aromatic nitrogens is 2. The van der Waals surface area contributed by atoms with E-state index in [0.717, 1.165) is 105 Å². The van der Waals surface area contributed by atoms with Crippen molar-refractivity contribution in [3.05, 3.63) is 194 Å². The number of nitrogens with zero attached hydrogens (tertiary/aromatic N) is 2. The zero-order chi connectivity index (χ0) is 37.0. The van der Waals surface area contributed by atoms with Crippen LogP contribution in [0.25, 0.3) is 111 Å². The maximum Gasteiger partial charge on any atom is 0.160 e. The highest BCUT2D eigenvalue weighted by Crippen LogP contribution is 2.45. The van der Waals surface area contributed by atoms with Gasteiger partial charge in [0.2, 0.25) is 0 Å². The van der Waals surface area contributed by atoms with Gasteiger partial charge in [0.1, 0.15) is 22.3 Å². The maximum atomic E-state index is 6.80. The quantitative estimate of drug-likeness (QED) is 0.172. The molecular weight excluding hydrogens is 685 g/mol. The van der Waals surface area contributed by atoms with Gasteiger partial charge in [-0.25, -0.2) is 9.97 Å². The number of hydrogen-bond donors (Lipinski definition) is 0. The minimum atomic E-state index is 0.654. The van der Waals surface area contributed by atoms with Crippen molar-refractivity contribution in [1.82, 2.24) is 9.97 Å². The number of fused-ring (bicyclic) bond motifs is 6. The Morgan fingerprint density at radius 3 is 1.50 bits per heavy atom. The lowest BCUT2D eigenvalue weighted by Gasteiger charge is -2.14. The smallest absolute Gasteiger partial charge is 0.160 e. The Hall–Kier alpha value is -7.56. The van der Waals surface area contributed by atoms with Crippen LogP contribution in [0.2, 0.25) is 0 Å². The van der Waals surface area contributed by atoms with E-state index in [1.165, 1.54) is 0 Å². The van der Waals surface area contributed by atoms with Crippen LogP contribution in [0, 0.1) is 0 Å². The highest BCUT2D eigenvalue weighted by Gasteiger charge is 2.22. The molecule has 0 saturated carbocycles. The highest BCUT2D eigenvalue weighted by molar-refractivity contribution is 6.18. The summed E-state index contributed by atoms with van der Waals surface area (Å²) in [5.41, 5.74) is 14.3. The van der Waals surface area contributed by atoms with Gasteiger partial charge < -0.3 is 8.83 Å². The fourth-order valence-corrected chi connectivity index (χ4v) is 8.03. The molecular formula is C52H32N2O2. The lowest BCUT2D eigenvalue weighted by molar-refractivity contribution is 0.665. The molecule has 3 aromatic heterocycles. The third kappa shape index (κ3) is 5.39. The molecule has 11 aromatic rings. The van der Waals surface area contributed by atoms with Gasteiger partial charge in [-0.15, -0.1) is 0 Å². The first kappa shape index (κ1) is 31.9. The first-order valence-corrected chi connectivity index (χ1v) is 18.8. The minimum absolute atomic E-state index is 0.654. The van der Waals surface area contributed by atoms with E-state index in [9.17, 15) is 0 Å². The predicted molar refractivity (Wildman–Crippen MR) is 229 cm³/mol. The molecule has 4 heteroatoms. The molecule has 0 saturated heterocycles. The standard InChI is InChI=1S/C52H32N2O2/c1-4-15-33(16-5-1)36-29-37(34-17-6-2-7-18-34)31-38(30-36)45-32-46(54-52(53-45)35-19-8-3-9-20-35)43-28-27-42(51-49(43)44-22-11-13-26-48(44)56-51)41-24-14-23-40-39-21-10-12-25-47(39)55-50(40)41/h1-32H. The summed E-state index contributed by atoms with van der Waals surface area (Å²) in [6.07, 6.45) is 0. The Bertz CT molecular complexity index is 3180. The van der Waals surface area contributed by atoms with Crippen molar-refractivity contribution in [1.29, 1.82) is 0 Å². The number of hydrogen-bond acceptors (Lipinski definition) is 4. The summed E-state index contributed by atoms with van der Waals surface area (Å²) in [7, 11) is 0. The van der Waals surface area contributed by atoms with Crippen molar-refractivity contribution in [3.63, 3.8) is 0 Å². The molecule has 0 fully saturated rings. The van der Waals surface area contributed by atoms with Crippen LogP contribution in [-0.4, -0.2) is 9.97 Å². The van der Waals surface area contributed by atoms with E-state index in [0.29, 0.717) is 5.82 Å². The van der Waals surface area contributed by atoms with Crippen LogP contribution < -0.4 is 0 Å². The number of benzene rings is 8. The fraction of sp³-hybridized carbons (Fsp3) is 0. The van der Waals surface area contributed by atoms with Crippen LogP contribution in [0.1, 0.15) is 0 Å². The Morgan fingerprint density at radius 2 is 0.804 bits per heavy atom. The average Bonchev–Trinajstić information content (AvgIpc) is 3.86. The maximum absolute atomic E-state index is 6.80. The van der Waals surface area contributed by atoms with E-state index in [1.807, 2.05) is 42.5 Å². The second-order valence-corrected chi connectivity index (χ2v) is 14.1. The van der Waals surface area contributed by atoms with E-state index in [2.05, 4.69) is 152 Å². The van der Waals surface area contributed by atoms with E-state index >= 15 is 0 Å². The van der Waals surface area contributed by atoms with E-state index in [-0.39, 0.29) is 0 Å².